The standard InChI is InChI=1S/C11H15FN2OS/c1-16-7-6-10(11(13)15)14-9-4-2-8(12)3-5-9/h2-5,10,14H,6-7H2,1H3,(H2,13,15). The maximum atomic E-state index is 12.7. The lowest BCUT2D eigenvalue weighted by Gasteiger charge is -2.16. The molecule has 0 radical (unpaired) electrons. The maximum Gasteiger partial charge on any atom is 0.239 e. The van der Waals surface area contributed by atoms with Gasteiger partial charge in [0.05, 0.1) is 0 Å². The van der Waals surface area contributed by atoms with Crippen molar-refractivity contribution in [2.24, 2.45) is 5.73 Å². The number of rotatable bonds is 6. The van der Waals surface area contributed by atoms with Crippen molar-refractivity contribution in [1.29, 1.82) is 0 Å². The summed E-state index contributed by atoms with van der Waals surface area (Å²) >= 11 is 1.65. The number of anilines is 1. The zero-order chi connectivity index (χ0) is 12.0. The molecule has 1 aromatic carbocycles. The molecule has 0 saturated heterocycles. The first-order valence-electron chi connectivity index (χ1n) is 4.94. The van der Waals surface area contributed by atoms with E-state index in [1.54, 1.807) is 23.9 Å². The minimum absolute atomic E-state index is 0.301. The number of amides is 1. The number of carbonyl (C=O) groups excluding carboxylic acids is 1. The fourth-order valence-electron chi connectivity index (χ4n) is 1.27. The Hall–Kier alpha value is -1.23. The molecule has 5 heteroatoms. The molecule has 1 rings (SSSR count). The summed E-state index contributed by atoms with van der Waals surface area (Å²) in [6.07, 6.45) is 2.63. The van der Waals surface area contributed by atoms with Gasteiger partial charge in [-0.15, -0.1) is 0 Å². The highest BCUT2D eigenvalue weighted by molar-refractivity contribution is 7.98. The zero-order valence-corrected chi connectivity index (χ0v) is 9.89. The quantitative estimate of drug-likeness (QED) is 0.800. The zero-order valence-electron chi connectivity index (χ0n) is 9.07. The van der Waals surface area contributed by atoms with Crippen molar-refractivity contribution < 1.29 is 9.18 Å². The lowest BCUT2D eigenvalue weighted by atomic mass is 10.2. The van der Waals surface area contributed by atoms with Crippen LogP contribution in [0.15, 0.2) is 24.3 Å². The second-order valence-electron chi connectivity index (χ2n) is 3.39. The van der Waals surface area contributed by atoms with Crippen LogP contribution in [0.25, 0.3) is 0 Å². The number of halogens is 1. The first kappa shape index (κ1) is 12.8. The summed E-state index contributed by atoms with van der Waals surface area (Å²) in [5, 5.41) is 2.99. The second kappa shape index (κ2) is 6.37. The van der Waals surface area contributed by atoms with Crippen molar-refractivity contribution in [3.8, 4) is 0 Å². The van der Waals surface area contributed by atoms with Gasteiger partial charge < -0.3 is 11.1 Å². The third kappa shape index (κ3) is 4.10. The van der Waals surface area contributed by atoms with Gasteiger partial charge in [-0.3, -0.25) is 4.79 Å². The first-order valence-corrected chi connectivity index (χ1v) is 6.33. The molecular formula is C11H15FN2OS. The van der Waals surface area contributed by atoms with E-state index in [-0.39, 0.29) is 5.82 Å². The van der Waals surface area contributed by atoms with Gasteiger partial charge in [0.25, 0.3) is 0 Å². The van der Waals surface area contributed by atoms with Gasteiger partial charge in [-0.1, -0.05) is 0 Å². The summed E-state index contributed by atoms with van der Waals surface area (Å²) in [5.41, 5.74) is 5.97. The minimum Gasteiger partial charge on any atom is -0.374 e. The molecule has 0 heterocycles. The summed E-state index contributed by atoms with van der Waals surface area (Å²) < 4.78 is 12.7. The van der Waals surface area contributed by atoms with Crippen molar-refractivity contribution in [2.45, 2.75) is 12.5 Å². The van der Waals surface area contributed by atoms with Gasteiger partial charge in [-0.05, 0) is 42.7 Å². The predicted octanol–water partition coefficient (Wildman–Crippen LogP) is 1.84. The molecule has 0 aromatic heterocycles. The molecule has 16 heavy (non-hydrogen) atoms. The lowest BCUT2D eigenvalue weighted by molar-refractivity contribution is -0.118. The molecule has 0 aliphatic heterocycles. The molecule has 0 aliphatic rings. The molecule has 0 bridgehead atoms. The number of nitrogens with two attached hydrogens (primary N) is 1. The molecule has 3 N–H and O–H groups in total. The fraction of sp³-hybridized carbons (Fsp3) is 0.364. The molecular weight excluding hydrogens is 227 g/mol. The summed E-state index contributed by atoms with van der Waals surface area (Å²) in [6.45, 7) is 0. The number of primary amides is 1. The van der Waals surface area contributed by atoms with Crippen LogP contribution in [0.1, 0.15) is 6.42 Å². The van der Waals surface area contributed by atoms with Crippen LogP contribution >= 0.6 is 11.8 Å². The Morgan fingerprint density at radius 2 is 2.12 bits per heavy atom. The normalized spacial score (nSPS) is 12.1. The monoisotopic (exact) mass is 242 g/mol. The average Bonchev–Trinajstić information content (AvgIpc) is 2.26. The lowest BCUT2D eigenvalue weighted by Crippen LogP contribution is -2.35. The van der Waals surface area contributed by atoms with Crippen LogP contribution in [0, 0.1) is 5.82 Å². The topological polar surface area (TPSA) is 55.1 Å². The van der Waals surface area contributed by atoms with Crippen LogP contribution in [-0.2, 0) is 4.79 Å². The number of nitrogens with one attached hydrogen (secondary N) is 1. The van der Waals surface area contributed by atoms with Gasteiger partial charge in [0.1, 0.15) is 11.9 Å². The summed E-state index contributed by atoms with van der Waals surface area (Å²) in [6, 6.07) is 5.46. The van der Waals surface area contributed by atoms with Gasteiger partial charge in [-0.25, -0.2) is 4.39 Å². The number of carbonyl (C=O) groups is 1. The first-order chi connectivity index (χ1) is 7.63. The molecule has 1 unspecified atom stereocenters. The average molecular weight is 242 g/mol. The molecule has 0 fully saturated rings. The van der Waals surface area contributed by atoms with E-state index < -0.39 is 11.9 Å². The Morgan fingerprint density at radius 3 is 2.62 bits per heavy atom. The highest BCUT2D eigenvalue weighted by Gasteiger charge is 2.14. The van der Waals surface area contributed by atoms with Gasteiger partial charge in [-0.2, -0.15) is 11.8 Å². The Bertz CT molecular complexity index is 342. The highest BCUT2D eigenvalue weighted by Crippen LogP contribution is 2.12. The highest BCUT2D eigenvalue weighted by atomic mass is 32.2. The Balaban J connectivity index is 2.60. The van der Waals surface area contributed by atoms with E-state index in [4.69, 9.17) is 5.73 Å². The van der Waals surface area contributed by atoms with E-state index in [2.05, 4.69) is 5.32 Å². The summed E-state index contributed by atoms with van der Waals surface area (Å²) in [5.74, 6) is 0.158. The maximum absolute atomic E-state index is 12.7. The van der Waals surface area contributed by atoms with E-state index in [9.17, 15) is 9.18 Å². The van der Waals surface area contributed by atoms with Crippen LogP contribution in [-0.4, -0.2) is 24.0 Å². The molecule has 1 amide bonds. The molecule has 0 spiro atoms. The van der Waals surface area contributed by atoms with Gasteiger partial charge in [0, 0.05) is 5.69 Å². The minimum atomic E-state index is -0.405. The third-order valence-corrected chi connectivity index (χ3v) is 2.78. The van der Waals surface area contributed by atoms with Crippen LogP contribution in [0.3, 0.4) is 0 Å². The van der Waals surface area contributed by atoms with E-state index in [0.717, 1.165) is 5.75 Å². The Morgan fingerprint density at radius 1 is 1.50 bits per heavy atom. The van der Waals surface area contributed by atoms with Crippen molar-refractivity contribution in [2.75, 3.05) is 17.3 Å². The number of thioether (sulfide) groups is 1. The van der Waals surface area contributed by atoms with Crippen molar-refractivity contribution in [1.82, 2.24) is 0 Å². The molecule has 1 atom stereocenters. The van der Waals surface area contributed by atoms with Crippen LogP contribution in [0.2, 0.25) is 0 Å². The largest absolute Gasteiger partial charge is 0.374 e. The van der Waals surface area contributed by atoms with Gasteiger partial charge >= 0.3 is 0 Å². The molecule has 0 saturated carbocycles. The van der Waals surface area contributed by atoms with Crippen molar-refractivity contribution in [3.63, 3.8) is 0 Å². The Labute approximate surface area is 98.6 Å². The number of hydrogen-bond donors (Lipinski definition) is 2. The van der Waals surface area contributed by atoms with Gasteiger partial charge in [0.15, 0.2) is 0 Å². The van der Waals surface area contributed by atoms with Crippen LogP contribution in [0.4, 0.5) is 10.1 Å². The van der Waals surface area contributed by atoms with E-state index >= 15 is 0 Å². The molecule has 0 aliphatic carbocycles. The summed E-state index contributed by atoms with van der Waals surface area (Å²) in [4.78, 5) is 11.2. The van der Waals surface area contributed by atoms with Gasteiger partial charge in [0.2, 0.25) is 5.91 Å². The smallest absolute Gasteiger partial charge is 0.239 e. The number of hydrogen-bond acceptors (Lipinski definition) is 3. The Kier molecular flexibility index (Phi) is 5.11. The van der Waals surface area contributed by atoms with E-state index in [1.165, 1.54) is 12.1 Å². The van der Waals surface area contributed by atoms with E-state index in [0.29, 0.717) is 12.1 Å². The second-order valence-corrected chi connectivity index (χ2v) is 4.37. The fourth-order valence-corrected chi connectivity index (χ4v) is 1.74. The molecule has 3 nitrogen and oxygen atoms in total. The third-order valence-electron chi connectivity index (χ3n) is 2.14. The molecule has 1 aromatic rings. The number of benzene rings is 1. The summed E-state index contributed by atoms with van der Waals surface area (Å²) in [7, 11) is 0. The van der Waals surface area contributed by atoms with Crippen LogP contribution < -0.4 is 11.1 Å². The SMILES string of the molecule is CSCCC(Nc1ccc(F)cc1)C(N)=O. The predicted molar refractivity (Wildman–Crippen MR) is 66.0 cm³/mol. The van der Waals surface area contributed by atoms with E-state index in [1.807, 2.05) is 6.26 Å². The molecule has 88 valence electrons. The van der Waals surface area contributed by atoms with Crippen LogP contribution in [0.5, 0.6) is 0 Å². The van der Waals surface area contributed by atoms with Crippen molar-refractivity contribution >= 4 is 23.4 Å². The van der Waals surface area contributed by atoms with Crippen molar-refractivity contribution in [3.05, 3.63) is 30.1 Å².